The van der Waals surface area contributed by atoms with Gasteiger partial charge in [0.25, 0.3) is 0 Å². The average Bonchev–Trinajstić information content (AvgIpc) is 2.96. The number of nitrogens with zero attached hydrogens (tertiary/aromatic N) is 1. The lowest BCUT2D eigenvalue weighted by Crippen LogP contribution is -2.47. The molecule has 1 aromatic heterocycles. The van der Waals surface area contributed by atoms with Crippen molar-refractivity contribution >= 4 is 16.8 Å². The summed E-state index contributed by atoms with van der Waals surface area (Å²) in [4.78, 5) is 18.4. The van der Waals surface area contributed by atoms with Gasteiger partial charge in [0.15, 0.2) is 0 Å². The Morgan fingerprint density at radius 2 is 2.15 bits per heavy atom. The Labute approximate surface area is 162 Å². The van der Waals surface area contributed by atoms with Crippen LogP contribution in [-0.2, 0) is 22.5 Å². The molecule has 1 aromatic carbocycles. The van der Waals surface area contributed by atoms with Crippen molar-refractivity contribution in [1.29, 1.82) is 0 Å². The van der Waals surface area contributed by atoms with Gasteiger partial charge < -0.3 is 15.0 Å². The number of hydrogen-bond donors (Lipinski definition) is 2. The van der Waals surface area contributed by atoms with Crippen molar-refractivity contribution in [3.63, 3.8) is 0 Å². The third kappa shape index (κ3) is 4.53. The number of aromatic nitrogens is 1. The van der Waals surface area contributed by atoms with Crippen molar-refractivity contribution in [1.82, 2.24) is 15.2 Å². The number of carbonyl (C=O) groups excluding carboxylic acids is 1. The lowest BCUT2D eigenvalue weighted by Gasteiger charge is -2.35. The fourth-order valence-corrected chi connectivity index (χ4v) is 4.01. The summed E-state index contributed by atoms with van der Waals surface area (Å²) in [6.07, 6.45) is 1.39. The molecule has 0 saturated carbocycles. The van der Waals surface area contributed by atoms with Gasteiger partial charge in [0.05, 0.1) is 24.6 Å². The number of rotatable bonds is 6. The predicted octanol–water partition coefficient (Wildman–Crippen LogP) is 3.46. The summed E-state index contributed by atoms with van der Waals surface area (Å²) >= 11 is 0. The third-order valence-corrected chi connectivity index (χ3v) is 5.64. The minimum atomic E-state index is -0.0156. The van der Waals surface area contributed by atoms with E-state index in [0.29, 0.717) is 25.6 Å². The summed E-state index contributed by atoms with van der Waals surface area (Å²) in [5.41, 5.74) is 6.10. The molecule has 1 atom stereocenters. The average molecular weight is 372 g/mol. The highest BCUT2D eigenvalue weighted by molar-refractivity contribution is 5.88. The Bertz CT molecular complexity index is 809. The van der Waals surface area contributed by atoms with E-state index in [1.54, 1.807) is 0 Å². The number of morpholine rings is 1. The molecule has 0 aliphatic carbocycles. The van der Waals surface area contributed by atoms with Crippen LogP contribution in [0, 0.1) is 13.8 Å². The summed E-state index contributed by atoms with van der Waals surface area (Å²) in [6.45, 7) is 13.8. The number of H-pyrrole nitrogens is 1. The molecule has 27 heavy (non-hydrogen) atoms. The Balaban J connectivity index is 1.65. The van der Waals surface area contributed by atoms with Gasteiger partial charge in [0.2, 0.25) is 5.91 Å². The zero-order chi connectivity index (χ0) is 19.6. The van der Waals surface area contributed by atoms with Crippen LogP contribution in [0.15, 0.2) is 12.1 Å². The van der Waals surface area contributed by atoms with Gasteiger partial charge >= 0.3 is 0 Å². The van der Waals surface area contributed by atoms with Gasteiger partial charge in [-0.2, -0.15) is 0 Å². The number of ether oxygens (including phenoxy) is 1. The van der Waals surface area contributed by atoms with Crippen LogP contribution >= 0.6 is 0 Å². The molecule has 1 fully saturated rings. The van der Waals surface area contributed by atoms with E-state index in [4.69, 9.17) is 4.74 Å². The summed E-state index contributed by atoms with van der Waals surface area (Å²) in [5, 5.41) is 4.36. The van der Waals surface area contributed by atoms with E-state index in [1.165, 1.54) is 22.2 Å². The zero-order valence-corrected chi connectivity index (χ0v) is 17.3. The van der Waals surface area contributed by atoms with Crippen LogP contribution in [0.2, 0.25) is 0 Å². The maximum absolute atomic E-state index is 12.5. The molecule has 1 saturated heterocycles. The number of benzene rings is 1. The highest BCUT2D eigenvalue weighted by atomic mass is 16.5. The first-order valence-corrected chi connectivity index (χ1v) is 10.1. The van der Waals surface area contributed by atoms with Gasteiger partial charge in [-0.1, -0.05) is 18.6 Å². The van der Waals surface area contributed by atoms with Crippen molar-refractivity contribution in [2.45, 2.75) is 66.2 Å². The molecule has 2 N–H and O–H groups in total. The van der Waals surface area contributed by atoms with Gasteiger partial charge in [0.1, 0.15) is 0 Å². The molecule has 0 bridgehead atoms. The van der Waals surface area contributed by atoms with Crippen molar-refractivity contribution in [2.24, 2.45) is 0 Å². The summed E-state index contributed by atoms with van der Waals surface area (Å²) < 4.78 is 5.80. The molecule has 2 heterocycles. The number of fused-ring (bicyclic) bond motifs is 1. The molecule has 1 aliphatic rings. The number of nitrogens with one attached hydrogen (secondary N) is 2. The Morgan fingerprint density at radius 3 is 2.85 bits per heavy atom. The van der Waals surface area contributed by atoms with Crippen LogP contribution in [-0.4, -0.2) is 47.6 Å². The molecular formula is C22H33N3O2. The Kier molecular flexibility index (Phi) is 6.22. The largest absolute Gasteiger partial charge is 0.375 e. The lowest BCUT2D eigenvalue weighted by atomic mass is 10.0. The van der Waals surface area contributed by atoms with Crippen LogP contribution in [0.5, 0.6) is 0 Å². The van der Waals surface area contributed by atoms with E-state index in [9.17, 15) is 4.79 Å². The standard InChI is InChI=1S/C22H33N3O2/c1-6-20-16(5)19-10-15(4)9-17(22(19)24-20)12-23-21(26)11-18-13-25(14(2)3)7-8-27-18/h9-10,14,18,24H,6-8,11-13H2,1-5H3,(H,23,26). The molecule has 1 amide bonds. The van der Waals surface area contributed by atoms with Crippen molar-refractivity contribution in [2.75, 3.05) is 19.7 Å². The molecular weight excluding hydrogens is 338 g/mol. The first kappa shape index (κ1) is 19.9. The van der Waals surface area contributed by atoms with E-state index in [0.717, 1.165) is 30.6 Å². The van der Waals surface area contributed by atoms with Crippen LogP contribution in [0.3, 0.4) is 0 Å². The maximum atomic E-state index is 12.5. The number of amides is 1. The number of aromatic amines is 1. The van der Waals surface area contributed by atoms with E-state index < -0.39 is 0 Å². The summed E-state index contributed by atoms with van der Waals surface area (Å²) in [6, 6.07) is 4.88. The third-order valence-electron chi connectivity index (χ3n) is 5.64. The second-order valence-corrected chi connectivity index (χ2v) is 7.99. The van der Waals surface area contributed by atoms with Crippen LogP contribution in [0.4, 0.5) is 0 Å². The highest BCUT2D eigenvalue weighted by Crippen LogP contribution is 2.26. The van der Waals surface area contributed by atoms with E-state index >= 15 is 0 Å². The first-order valence-electron chi connectivity index (χ1n) is 10.1. The van der Waals surface area contributed by atoms with Gasteiger partial charge in [-0.3, -0.25) is 9.69 Å². The normalized spacial score (nSPS) is 18.4. The van der Waals surface area contributed by atoms with Crippen molar-refractivity contribution < 1.29 is 9.53 Å². The second kappa shape index (κ2) is 8.44. The van der Waals surface area contributed by atoms with Gasteiger partial charge in [-0.05, 0) is 51.3 Å². The molecule has 5 nitrogen and oxygen atoms in total. The SMILES string of the molecule is CCc1[nH]c2c(CNC(=O)CC3CN(C(C)C)CCO3)cc(C)cc2c1C. The molecule has 1 unspecified atom stereocenters. The van der Waals surface area contributed by atoms with E-state index in [1.807, 2.05) is 0 Å². The predicted molar refractivity (Wildman–Crippen MR) is 110 cm³/mol. The number of aryl methyl sites for hydroxylation is 3. The van der Waals surface area contributed by atoms with E-state index in [-0.39, 0.29) is 12.0 Å². The fourth-order valence-electron chi connectivity index (χ4n) is 4.01. The minimum Gasteiger partial charge on any atom is -0.375 e. The highest BCUT2D eigenvalue weighted by Gasteiger charge is 2.24. The monoisotopic (exact) mass is 371 g/mol. The van der Waals surface area contributed by atoms with Crippen molar-refractivity contribution in [3.05, 3.63) is 34.5 Å². The first-order chi connectivity index (χ1) is 12.9. The molecule has 0 radical (unpaired) electrons. The molecule has 148 valence electrons. The molecule has 2 aromatic rings. The topological polar surface area (TPSA) is 57.4 Å². The number of carbonyl (C=O) groups is 1. The van der Waals surface area contributed by atoms with Gasteiger partial charge in [-0.25, -0.2) is 0 Å². The Morgan fingerprint density at radius 1 is 1.37 bits per heavy atom. The lowest BCUT2D eigenvalue weighted by molar-refractivity contribution is -0.126. The molecule has 5 heteroatoms. The summed E-state index contributed by atoms with van der Waals surface area (Å²) in [5.74, 6) is 0.0549. The molecule has 0 spiro atoms. The van der Waals surface area contributed by atoms with Gasteiger partial charge in [-0.15, -0.1) is 0 Å². The van der Waals surface area contributed by atoms with Gasteiger partial charge in [0, 0.05) is 36.8 Å². The fraction of sp³-hybridized carbons (Fsp3) is 0.591. The van der Waals surface area contributed by atoms with E-state index in [2.05, 4.69) is 62.0 Å². The maximum Gasteiger partial charge on any atom is 0.222 e. The minimum absolute atomic E-state index is 0.0156. The summed E-state index contributed by atoms with van der Waals surface area (Å²) in [7, 11) is 0. The number of hydrogen-bond acceptors (Lipinski definition) is 3. The second-order valence-electron chi connectivity index (χ2n) is 7.99. The van der Waals surface area contributed by atoms with Crippen molar-refractivity contribution in [3.8, 4) is 0 Å². The molecule has 3 rings (SSSR count). The zero-order valence-electron chi connectivity index (χ0n) is 17.3. The quantitative estimate of drug-likeness (QED) is 0.818. The molecule has 1 aliphatic heterocycles. The van der Waals surface area contributed by atoms with Crippen LogP contribution in [0.25, 0.3) is 10.9 Å². The van der Waals surface area contributed by atoms with Crippen LogP contribution < -0.4 is 5.32 Å². The van der Waals surface area contributed by atoms with Crippen LogP contribution in [0.1, 0.15) is 49.6 Å². The smallest absolute Gasteiger partial charge is 0.222 e. The Hall–Kier alpha value is -1.85.